The SMILES string of the molecule is O=C(O)c1ccc(S(=O)(=O)Cc2cn3ccccc3n2)o1. The Morgan fingerprint density at radius 1 is 1.29 bits per heavy atom. The monoisotopic (exact) mass is 306 g/mol. The molecule has 7 nitrogen and oxygen atoms in total. The predicted octanol–water partition coefficient (Wildman–Crippen LogP) is 1.60. The van der Waals surface area contributed by atoms with Gasteiger partial charge in [0.05, 0.1) is 5.69 Å². The van der Waals surface area contributed by atoms with Crippen LogP contribution in [0.25, 0.3) is 5.65 Å². The lowest BCUT2D eigenvalue weighted by molar-refractivity contribution is 0.0656. The Bertz CT molecular complexity index is 890. The van der Waals surface area contributed by atoms with Gasteiger partial charge in [-0.2, -0.15) is 0 Å². The zero-order valence-electron chi connectivity index (χ0n) is 10.6. The summed E-state index contributed by atoms with van der Waals surface area (Å²) in [5.41, 5.74) is 0.989. The van der Waals surface area contributed by atoms with Crippen molar-refractivity contribution in [3.8, 4) is 0 Å². The van der Waals surface area contributed by atoms with Crippen LogP contribution in [0.15, 0.2) is 52.2 Å². The van der Waals surface area contributed by atoms with Crippen molar-refractivity contribution in [3.05, 3.63) is 54.2 Å². The number of fused-ring (bicyclic) bond motifs is 1. The number of aromatic nitrogens is 2. The molecule has 0 fully saturated rings. The van der Waals surface area contributed by atoms with E-state index in [1.807, 2.05) is 0 Å². The van der Waals surface area contributed by atoms with Gasteiger partial charge >= 0.3 is 5.97 Å². The molecule has 108 valence electrons. The van der Waals surface area contributed by atoms with E-state index in [-0.39, 0.29) is 10.8 Å². The van der Waals surface area contributed by atoms with E-state index >= 15 is 0 Å². The number of carboxylic acids is 1. The molecular formula is C13H10N2O5S. The highest BCUT2D eigenvalue weighted by Crippen LogP contribution is 2.19. The number of hydrogen-bond acceptors (Lipinski definition) is 5. The molecule has 3 aromatic heterocycles. The molecule has 8 heteroatoms. The number of carbonyl (C=O) groups is 1. The molecule has 0 unspecified atom stereocenters. The molecule has 0 atom stereocenters. The van der Waals surface area contributed by atoms with Crippen LogP contribution in [-0.2, 0) is 15.6 Å². The Morgan fingerprint density at radius 2 is 2.10 bits per heavy atom. The highest BCUT2D eigenvalue weighted by molar-refractivity contribution is 7.90. The maximum atomic E-state index is 12.2. The number of pyridine rings is 1. The summed E-state index contributed by atoms with van der Waals surface area (Å²) < 4.78 is 30.9. The summed E-state index contributed by atoms with van der Waals surface area (Å²) in [6.45, 7) is 0. The first kappa shape index (κ1) is 13.4. The highest BCUT2D eigenvalue weighted by atomic mass is 32.2. The van der Waals surface area contributed by atoms with Gasteiger partial charge in [0, 0.05) is 12.4 Å². The van der Waals surface area contributed by atoms with Crippen molar-refractivity contribution < 1.29 is 22.7 Å². The third-order valence-electron chi connectivity index (χ3n) is 2.85. The van der Waals surface area contributed by atoms with E-state index in [9.17, 15) is 13.2 Å². The number of nitrogens with zero attached hydrogens (tertiary/aromatic N) is 2. The quantitative estimate of drug-likeness (QED) is 0.785. The lowest BCUT2D eigenvalue weighted by atomic mass is 10.5. The minimum absolute atomic E-state index is 0.356. The van der Waals surface area contributed by atoms with Gasteiger partial charge in [-0.05, 0) is 24.3 Å². The number of carboxylic acid groups (broad SMARTS) is 1. The number of imidazole rings is 1. The Labute approximate surface area is 119 Å². The van der Waals surface area contributed by atoms with Gasteiger partial charge in [-0.3, -0.25) is 0 Å². The Morgan fingerprint density at radius 3 is 2.76 bits per heavy atom. The molecule has 0 spiro atoms. The Hall–Kier alpha value is -2.61. The largest absolute Gasteiger partial charge is 0.475 e. The fourth-order valence-electron chi connectivity index (χ4n) is 1.92. The van der Waals surface area contributed by atoms with Gasteiger partial charge in [0.25, 0.3) is 0 Å². The van der Waals surface area contributed by atoms with Gasteiger partial charge in [-0.1, -0.05) is 6.07 Å². The molecular weight excluding hydrogens is 296 g/mol. The summed E-state index contributed by atoms with van der Waals surface area (Å²) in [6, 6.07) is 7.60. The first-order valence-corrected chi connectivity index (χ1v) is 7.59. The number of rotatable bonds is 4. The van der Waals surface area contributed by atoms with Crippen LogP contribution in [0.4, 0.5) is 0 Å². The van der Waals surface area contributed by atoms with Crippen LogP contribution in [0.2, 0.25) is 0 Å². The lowest BCUT2D eigenvalue weighted by Crippen LogP contribution is -2.04. The van der Waals surface area contributed by atoms with Crippen LogP contribution in [-0.4, -0.2) is 28.9 Å². The van der Waals surface area contributed by atoms with Crippen LogP contribution in [0.1, 0.15) is 16.2 Å². The molecule has 0 bridgehead atoms. The summed E-state index contributed by atoms with van der Waals surface area (Å²) in [4.78, 5) is 14.9. The smallest absolute Gasteiger partial charge is 0.371 e. The van der Waals surface area contributed by atoms with Crippen LogP contribution in [0, 0.1) is 0 Å². The van der Waals surface area contributed by atoms with Gasteiger partial charge in [-0.15, -0.1) is 0 Å². The lowest BCUT2D eigenvalue weighted by Gasteiger charge is -1.97. The van der Waals surface area contributed by atoms with E-state index < -0.39 is 21.6 Å². The van der Waals surface area contributed by atoms with E-state index in [0.29, 0.717) is 11.3 Å². The maximum Gasteiger partial charge on any atom is 0.371 e. The second-order valence-electron chi connectivity index (χ2n) is 4.38. The molecule has 0 radical (unpaired) electrons. The molecule has 0 amide bonds. The van der Waals surface area contributed by atoms with Crippen molar-refractivity contribution in [2.75, 3.05) is 0 Å². The predicted molar refractivity (Wildman–Crippen MR) is 71.7 cm³/mol. The van der Waals surface area contributed by atoms with Gasteiger partial charge in [-0.25, -0.2) is 18.2 Å². The third-order valence-corrected chi connectivity index (χ3v) is 4.36. The third kappa shape index (κ3) is 2.52. The maximum absolute atomic E-state index is 12.2. The van der Waals surface area contributed by atoms with Crippen molar-refractivity contribution >= 4 is 21.5 Å². The Kier molecular flexibility index (Phi) is 3.02. The van der Waals surface area contributed by atoms with Crippen molar-refractivity contribution in [2.45, 2.75) is 10.8 Å². The minimum Gasteiger partial charge on any atom is -0.475 e. The van der Waals surface area contributed by atoms with Crippen molar-refractivity contribution in [1.29, 1.82) is 0 Å². The molecule has 0 aliphatic carbocycles. The van der Waals surface area contributed by atoms with Crippen LogP contribution < -0.4 is 0 Å². The zero-order valence-corrected chi connectivity index (χ0v) is 11.4. The summed E-state index contributed by atoms with van der Waals surface area (Å²) in [7, 11) is -3.78. The fraction of sp³-hybridized carbons (Fsp3) is 0.0769. The first-order chi connectivity index (χ1) is 9.95. The van der Waals surface area contributed by atoms with Crippen molar-refractivity contribution in [1.82, 2.24) is 9.38 Å². The van der Waals surface area contributed by atoms with Crippen LogP contribution in [0.5, 0.6) is 0 Å². The normalized spacial score (nSPS) is 11.8. The van der Waals surface area contributed by atoms with E-state index in [0.717, 1.165) is 12.1 Å². The summed E-state index contributed by atoms with van der Waals surface area (Å²) in [5, 5.41) is 8.37. The molecule has 1 N–H and O–H groups in total. The summed E-state index contributed by atoms with van der Waals surface area (Å²) in [5.74, 6) is -2.09. The summed E-state index contributed by atoms with van der Waals surface area (Å²) in [6.07, 6.45) is 3.36. The average Bonchev–Trinajstić information content (AvgIpc) is 3.04. The molecule has 0 aliphatic rings. The van der Waals surface area contributed by atoms with E-state index in [4.69, 9.17) is 9.52 Å². The van der Waals surface area contributed by atoms with Crippen molar-refractivity contribution in [3.63, 3.8) is 0 Å². The number of aromatic carboxylic acids is 1. The summed E-state index contributed by atoms with van der Waals surface area (Å²) >= 11 is 0. The number of sulfone groups is 1. The molecule has 21 heavy (non-hydrogen) atoms. The number of furan rings is 1. The van der Waals surface area contributed by atoms with E-state index in [2.05, 4.69) is 4.98 Å². The molecule has 3 heterocycles. The van der Waals surface area contributed by atoms with Crippen LogP contribution in [0.3, 0.4) is 0 Å². The van der Waals surface area contributed by atoms with Gasteiger partial charge in [0.1, 0.15) is 11.4 Å². The van der Waals surface area contributed by atoms with Gasteiger partial charge in [0.15, 0.2) is 0 Å². The standard InChI is InChI=1S/C13H10N2O5S/c16-13(17)10-4-5-12(20-10)21(18,19)8-9-7-15-6-2-1-3-11(15)14-9/h1-7H,8H2,(H,16,17). The van der Waals surface area contributed by atoms with Gasteiger partial charge in [0.2, 0.25) is 20.7 Å². The second kappa shape index (κ2) is 4.74. The molecule has 0 aliphatic heterocycles. The highest BCUT2D eigenvalue weighted by Gasteiger charge is 2.23. The minimum atomic E-state index is -3.78. The molecule has 3 aromatic rings. The topological polar surface area (TPSA) is 102 Å². The molecule has 0 aromatic carbocycles. The molecule has 0 saturated heterocycles. The van der Waals surface area contributed by atoms with E-state index in [1.54, 1.807) is 35.0 Å². The average molecular weight is 306 g/mol. The zero-order chi connectivity index (χ0) is 15.0. The van der Waals surface area contributed by atoms with E-state index in [1.165, 1.54) is 0 Å². The van der Waals surface area contributed by atoms with Crippen molar-refractivity contribution in [2.24, 2.45) is 0 Å². The number of hydrogen-bond donors (Lipinski definition) is 1. The fourth-order valence-corrected chi connectivity index (χ4v) is 3.09. The van der Waals surface area contributed by atoms with Crippen LogP contribution >= 0.6 is 0 Å². The van der Waals surface area contributed by atoms with Gasteiger partial charge < -0.3 is 13.9 Å². The first-order valence-electron chi connectivity index (χ1n) is 5.94. The molecule has 3 rings (SSSR count). The second-order valence-corrected chi connectivity index (χ2v) is 6.30. The Balaban J connectivity index is 1.93. The molecule has 0 saturated carbocycles.